The van der Waals surface area contributed by atoms with Gasteiger partial charge in [-0.15, -0.1) is 0 Å². The van der Waals surface area contributed by atoms with Crippen LogP contribution < -0.4 is 5.32 Å². The summed E-state index contributed by atoms with van der Waals surface area (Å²) in [4.78, 5) is 0. The lowest BCUT2D eigenvalue weighted by atomic mass is 9.70. The van der Waals surface area contributed by atoms with E-state index < -0.39 is 0 Å². The molecule has 3 rings (SSSR count). The van der Waals surface area contributed by atoms with Crippen LogP contribution in [0.5, 0.6) is 0 Å². The van der Waals surface area contributed by atoms with Crippen LogP contribution in [0.15, 0.2) is 0 Å². The molecule has 0 spiro atoms. The number of hydrogen-bond donors (Lipinski definition) is 1. The third kappa shape index (κ3) is 4.24. The third-order valence-corrected chi connectivity index (χ3v) is 6.91. The van der Waals surface area contributed by atoms with Crippen LogP contribution in [0.3, 0.4) is 0 Å². The summed E-state index contributed by atoms with van der Waals surface area (Å²) >= 11 is 0. The first-order valence-corrected chi connectivity index (χ1v) is 10.1. The molecule has 0 saturated heterocycles. The average molecular weight is 292 g/mol. The molecule has 0 heterocycles. The van der Waals surface area contributed by atoms with Gasteiger partial charge in [0.05, 0.1) is 0 Å². The van der Waals surface area contributed by atoms with Crippen molar-refractivity contribution in [1.29, 1.82) is 0 Å². The Bertz CT molecular complexity index is 288. The summed E-state index contributed by atoms with van der Waals surface area (Å²) in [7, 11) is 0. The second kappa shape index (κ2) is 7.99. The van der Waals surface area contributed by atoms with E-state index in [9.17, 15) is 0 Å². The molecule has 0 amide bonds. The van der Waals surface area contributed by atoms with E-state index in [0.29, 0.717) is 0 Å². The molecule has 3 aliphatic rings. The quantitative estimate of drug-likeness (QED) is 0.702. The van der Waals surface area contributed by atoms with E-state index in [1.165, 1.54) is 89.9 Å². The zero-order valence-electron chi connectivity index (χ0n) is 14.3. The van der Waals surface area contributed by atoms with Gasteiger partial charge in [0, 0.05) is 12.1 Å². The van der Waals surface area contributed by atoms with Gasteiger partial charge in [-0.3, -0.25) is 0 Å². The van der Waals surface area contributed by atoms with E-state index in [1.807, 2.05) is 0 Å². The van der Waals surface area contributed by atoms with Gasteiger partial charge in [-0.2, -0.15) is 0 Å². The summed E-state index contributed by atoms with van der Waals surface area (Å²) in [5.74, 6) is 3.02. The second-order valence-electron chi connectivity index (χ2n) is 8.31. The van der Waals surface area contributed by atoms with E-state index in [4.69, 9.17) is 0 Å². The zero-order chi connectivity index (χ0) is 14.5. The molecule has 0 aromatic carbocycles. The topological polar surface area (TPSA) is 12.0 Å². The molecule has 122 valence electrons. The molecular weight excluding hydrogens is 254 g/mol. The summed E-state index contributed by atoms with van der Waals surface area (Å²) in [6.45, 7) is 2.49. The molecule has 0 aromatic rings. The maximum absolute atomic E-state index is 4.14. The highest BCUT2D eigenvalue weighted by molar-refractivity contribution is 4.89. The van der Waals surface area contributed by atoms with Crippen molar-refractivity contribution in [3.05, 3.63) is 0 Å². The van der Waals surface area contributed by atoms with Gasteiger partial charge in [0.15, 0.2) is 0 Å². The van der Waals surface area contributed by atoms with Gasteiger partial charge in [0.1, 0.15) is 0 Å². The lowest BCUT2D eigenvalue weighted by molar-refractivity contribution is 0.130. The highest BCUT2D eigenvalue weighted by Crippen LogP contribution is 2.39. The Hall–Kier alpha value is -0.0400. The van der Waals surface area contributed by atoms with Crippen molar-refractivity contribution in [3.8, 4) is 0 Å². The molecule has 3 atom stereocenters. The molecule has 0 radical (unpaired) electrons. The molecule has 2 unspecified atom stereocenters. The Kier molecular flexibility index (Phi) is 6.03. The Morgan fingerprint density at radius 2 is 1.24 bits per heavy atom. The summed E-state index contributed by atoms with van der Waals surface area (Å²) in [6, 6.07) is 1.61. The molecule has 3 saturated carbocycles. The van der Waals surface area contributed by atoms with Crippen LogP contribution in [-0.2, 0) is 0 Å². The number of hydrogen-bond acceptors (Lipinski definition) is 1. The van der Waals surface area contributed by atoms with Crippen LogP contribution in [0.4, 0.5) is 0 Å². The van der Waals surface area contributed by atoms with Gasteiger partial charge in [-0.05, 0) is 50.4 Å². The first-order valence-electron chi connectivity index (χ1n) is 10.1. The largest absolute Gasteiger partial charge is 0.311 e. The van der Waals surface area contributed by atoms with E-state index in [2.05, 4.69) is 12.2 Å². The van der Waals surface area contributed by atoms with Crippen molar-refractivity contribution >= 4 is 0 Å². The van der Waals surface area contributed by atoms with Gasteiger partial charge in [-0.25, -0.2) is 0 Å². The van der Waals surface area contributed by atoms with Crippen molar-refractivity contribution in [3.63, 3.8) is 0 Å². The van der Waals surface area contributed by atoms with Crippen LogP contribution in [-0.4, -0.2) is 12.1 Å². The summed E-state index contributed by atoms with van der Waals surface area (Å²) in [5.41, 5.74) is 0. The maximum atomic E-state index is 4.14. The average Bonchev–Trinajstić information content (AvgIpc) is 2.57. The molecule has 0 bridgehead atoms. The SMILES string of the molecule is C[C@@H](NC1CCCCC1C1CCCCC1)C1CCCCC1. The van der Waals surface area contributed by atoms with Gasteiger partial charge in [0.25, 0.3) is 0 Å². The fraction of sp³-hybridized carbons (Fsp3) is 1.00. The van der Waals surface area contributed by atoms with Gasteiger partial charge >= 0.3 is 0 Å². The normalized spacial score (nSPS) is 34.7. The maximum Gasteiger partial charge on any atom is 0.0101 e. The van der Waals surface area contributed by atoms with E-state index >= 15 is 0 Å². The van der Waals surface area contributed by atoms with Crippen LogP contribution in [0, 0.1) is 17.8 Å². The highest BCUT2D eigenvalue weighted by atomic mass is 15.0. The Morgan fingerprint density at radius 3 is 1.95 bits per heavy atom. The molecule has 0 aromatic heterocycles. The lowest BCUT2D eigenvalue weighted by Gasteiger charge is -2.42. The number of nitrogens with one attached hydrogen (secondary N) is 1. The molecule has 1 nitrogen and oxygen atoms in total. The molecule has 3 aliphatic carbocycles. The van der Waals surface area contributed by atoms with Crippen molar-refractivity contribution < 1.29 is 0 Å². The smallest absolute Gasteiger partial charge is 0.0101 e. The van der Waals surface area contributed by atoms with E-state index in [1.54, 1.807) is 0 Å². The van der Waals surface area contributed by atoms with Crippen molar-refractivity contribution in [1.82, 2.24) is 5.32 Å². The predicted molar refractivity (Wildman–Crippen MR) is 91.5 cm³/mol. The van der Waals surface area contributed by atoms with Crippen LogP contribution in [0.1, 0.15) is 96.8 Å². The third-order valence-electron chi connectivity index (χ3n) is 6.91. The minimum atomic E-state index is 0.763. The highest BCUT2D eigenvalue weighted by Gasteiger charge is 2.34. The molecule has 3 fully saturated rings. The monoisotopic (exact) mass is 291 g/mol. The Morgan fingerprint density at radius 1 is 0.667 bits per heavy atom. The predicted octanol–water partition coefficient (Wildman–Crippen LogP) is 5.68. The summed E-state index contributed by atoms with van der Waals surface area (Å²) in [5, 5.41) is 4.14. The van der Waals surface area contributed by atoms with Crippen molar-refractivity contribution in [2.45, 2.75) is 109 Å². The standard InChI is InChI=1S/C20H37N/c1-16(17-10-4-2-5-11-17)21-20-15-9-8-14-19(20)18-12-6-3-7-13-18/h16-21H,2-15H2,1H3/t16-,19?,20?/m1/s1. The van der Waals surface area contributed by atoms with Gasteiger partial charge in [-0.1, -0.05) is 64.2 Å². The molecule has 1 N–H and O–H groups in total. The van der Waals surface area contributed by atoms with Crippen molar-refractivity contribution in [2.24, 2.45) is 17.8 Å². The molecule has 0 aliphatic heterocycles. The first-order chi connectivity index (χ1) is 10.3. The molecule has 1 heteroatoms. The minimum absolute atomic E-state index is 0.763. The van der Waals surface area contributed by atoms with Crippen LogP contribution in [0.2, 0.25) is 0 Å². The fourth-order valence-electron chi connectivity index (χ4n) is 5.60. The van der Waals surface area contributed by atoms with Gasteiger partial charge in [0.2, 0.25) is 0 Å². The Balaban J connectivity index is 1.55. The van der Waals surface area contributed by atoms with E-state index in [-0.39, 0.29) is 0 Å². The first kappa shape index (κ1) is 15.8. The fourth-order valence-corrected chi connectivity index (χ4v) is 5.60. The van der Waals surface area contributed by atoms with Crippen LogP contribution in [0.25, 0.3) is 0 Å². The van der Waals surface area contributed by atoms with Crippen molar-refractivity contribution in [2.75, 3.05) is 0 Å². The minimum Gasteiger partial charge on any atom is -0.311 e. The summed E-state index contributed by atoms with van der Waals surface area (Å²) < 4.78 is 0. The second-order valence-corrected chi connectivity index (χ2v) is 8.31. The number of rotatable bonds is 4. The zero-order valence-corrected chi connectivity index (χ0v) is 14.3. The summed E-state index contributed by atoms with van der Waals surface area (Å²) in [6.07, 6.45) is 20.9. The van der Waals surface area contributed by atoms with Gasteiger partial charge < -0.3 is 5.32 Å². The van der Waals surface area contributed by atoms with Crippen LogP contribution >= 0.6 is 0 Å². The lowest BCUT2D eigenvalue weighted by Crippen LogP contribution is -2.48. The van der Waals surface area contributed by atoms with E-state index in [0.717, 1.165) is 29.8 Å². The molecular formula is C20H37N. The Labute approximate surface area is 132 Å². The molecule has 21 heavy (non-hydrogen) atoms.